The van der Waals surface area contributed by atoms with Crippen LogP contribution in [0.3, 0.4) is 0 Å². The van der Waals surface area contributed by atoms with E-state index in [0.717, 1.165) is 17.5 Å². The molecule has 3 rings (SSSR count). The van der Waals surface area contributed by atoms with Crippen LogP contribution in [0.5, 0.6) is 0 Å². The summed E-state index contributed by atoms with van der Waals surface area (Å²) in [5.41, 5.74) is 4.96. The highest BCUT2D eigenvalue weighted by Gasteiger charge is 2.03. The molecule has 0 nitrogen and oxygen atoms in total. The first-order valence-electron chi connectivity index (χ1n) is 6.50. The lowest BCUT2D eigenvalue weighted by molar-refractivity contribution is 1.32. The van der Waals surface area contributed by atoms with Crippen LogP contribution in [0.4, 0.5) is 0 Å². The standard InChI is InChI=1S/C19H16/c1-3-14-11-18-10-9-16-7-5-6-8-17(16)13-19(18)12-15(14)4-2/h3-8,10-13H,1-2,9H2. The van der Waals surface area contributed by atoms with Crippen molar-refractivity contribution in [1.29, 1.82) is 0 Å². The summed E-state index contributed by atoms with van der Waals surface area (Å²) in [4.78, 5) is 0. The average molecular weight is 244 g/mol. The number of hydrogen-bond acceptors (Lipinski definition) is 0. The normalized spacial score (nSPS) is 12.2. The fourth-order valence-corrected chi connectivity index (χ4v) is 2.57. The van der Waals surface area contributed by atoms with Crippen LogP contribution >= 0.6 is 0 Å². The van der Waals surface area contributed by atoms with Crippen molar-refractivity contribution in [3.8, 4) is 0 Å². The van der Waals surface area contributed by atoms with Crippen molar-refractivity contribution < 1.29 is 0 Å². The first-order chi connectivity index (χ1) is 9.31. The fraction of sp³-hybridized carbons (Fsp3) is 0.0526. The molecule has 2 aromatic rings. The molecule has 2 aromatic carbocycles. The minimum Gasteiger partial charge on any atom is -0.0984 e. The van der Waals surface area contributed by atoms with Crippen molar-refractivity contribution >= 4 is 24.3 Å². The summed E-state index contributed by atoms with van der Waals surface area (Å²) in [6.07, 6.45) is 9.31. The maximum Gasteiger partial charge on any atom is -0.00823 e. The Morgan fingerprint density at radius 2 is 1.58 bits per heavy atom. The molecule has 0 unspecified atom stereocenters. The average Bonchev–Trinajstić information content (AvgIpc) is 2.64. The first kappa shape index (κ1) is 11.7. The Labute approximate surface area is 113 Å². The Morgan fingerprint density at radius 1 is 0.895 bits per heavy atom. The van der Waals surface area contributed by atoms with E-state index in [2.05, 4.69) is 61.7 Å². The van der Waals surface area contributed by atoms with E-state index in [-0.39, 0.29) is 0 Å². The van der Waals surface area contributed by atoms with Crippen molar-refractivity contribution in [2.24, 2.45) is 0 Å². The first-order valence-corrected chi connectivity index (χ1v) is 6.50. The van der Waals surface area contributed by atoms with Crippen LogP contribution < -0.4 is 10.4 Å². The summed E-state index contributed by atoms with van der Waals surface area (Å²) in [5.74, 6) is 0. The van der Waals surface area contributed by atoms with E-state index in [4.69, 9.17) is 0 Å². The van der Waals surface area contributed by atoms with E-state index in [0.29, 0.717) is 0 Å². The SMILES string of the molecule is C=Cc1cc2c(cc1C=C)=Cc1ccccc1CC=2. The quantitative estimate of drug-likeness (QED) is 0.761. The van der Waals surface area contributed by atoms with Gasteiger partial charge in [0.25, 0.3) is 0 Å². The van der Waals surface area contributed by atoms with Gasteiger partial charge in [-0.2, -0.15) is 0 Å². The monoisotopic (exact) mass is 244 g/mol. The van der Waals surface area contributed by atoms with Gasteiger partial charge >= 0.3 is 0 Å². The molecular formula is C19H16. The third-order valence-electron chi connectivity index (χ3n) is 3.64. The number of hydrogen-bond donors (Lipinski definition) is 0. The Kier molecular flexibility index (Phi) is 2.92. The molecular weight excluding hydrogens is 228 g/mol. The zero-order chi connectivity index (χ0) is 13.2. The van der Waals surface area contributed by atoms with E-state index >= 15 is 0 Å². The van der Waals surface area contributed by atoms with Crippen LogP contribution in [0.2, 0.25) is 0 Å². The van der Waals surface area contributed by atoms with Gasteiger partial charge in [-0.15, -0.1) is 0 Å². The summed E-state index contributed by atoms with van der Waals surface area (Å²) in [6.45, 7) is 7.76. The van der Waals surface area contributed by atoms with E-state index < -0.39 is 0 Å². The van der Waals surface area contributed by atoms with Crippen LogP contribution in [-0.2, 0) is 6.42 Å². The topological polar surface area (TPSA) is 0 Å². The molecule has 1 aliphatic rings. The summed E-state index contributed by atoms with van der Waals surface area (Å²) in [6, 6.07) is 12.9. The molecule has 0 heterocycles. The van der Waals surface area contributed by atoms with Crippen LogP contribution in [-0.4, -0.2) is 0 Å². The number of benzene rings is 2. The highest BCUT2D eigenvalue weighted by atomic mass is 14.1. The minimum atomic E-state index is 0.976. The second-order valence-electron chi connectivity index (χ2n) is 4.77. The Morgan fingerprint density at radius 3 is 2.32 bits per heavy atom. The van der Waals surface area contributed by atoms with Crippen molar-refractivity contribution in [3.63, 3.8) is 0 Å². The van der Waals surface area contributed by atoms with Gasteiger partial charge in [-0.3, -0.25) is 0 Å². The maximum atomic E-state index is 3.88. The Balaban J connectivity index is 2.34. The van der Waals surface area contributed by atoms with Crippen LogP contribution in [0.25, 0.3) is 24.3 Å². The zero-order valence-corrected chi connectivity index (χ0v) is 10.9. The lowest BCUT2D eigenvalue weighted by atomic mass is 10.0. The van der Waals surface area contributed by atoms with Crippen molar-refractivity contribution in [2.45, 2.75) is 6.42 Å². The van der Waals surface area contributed by atoms with Gasteiger partial charge in [0.15, 0.2) is 0 Å². The molecule has 19 heavy (non-hydrogen) atoms. The summed E-state index contributed by atoms with van der Waals surface area (Å²) >= 11 is 0. The van der Waals surface area contributed by atoms with E-state index in [1.165, 1.54) is 21.6 Å². The molecule has 0 aromatic heterocycles. The predicted molar refractivity (Wildman–Crippen MR) is 84.1 cm³/mol. The van der Waals surface area contributed by atoms with Gasteiger partial charge in [-0.1, -0.05) is 55.7 Å². The van der Waals surface area contributed by atoms with E-state index in [1.807, 2.05) is 12.2 Å². The largest absolute Gasteiger partial charge is 0.0984 e. The molecule has 0 heteroatoms. The number of rotatable bonds is 2. The minimum absolute atomic E-state index is 0.976. The van der Waals surface area contributed by atoms with Gasteiger partial charge in [-0.05, 0) is 57.3 Å². The maximum absolute atomic E-state index is 3.88. The molecule has 0 atom stereocenters. The van der Waals surface area contributed by atoms with Crippen molar-refractivity contribution in [1.82, 2.24) is 0 Å². The molecule has 0 aliphatic heterocycles. The Hall–Kier alpha value is -2.34. The van der Waals surface area contributed by atoms with Crippen LogP contribution in [0.15, 0.2) is 49.6 Å². The van der Waals surface area contributed by atoms with E-state index in [9.17, 15) is 0 Å². The molecule has 1 aliphatic carbocycles. The molecule has 0 N–H and O–H groups in total. The molecule has 0 radical (unpaired) electrons. The van der Waals surface area contributed by atoms with Gasteiger partial charge in [-0.25, -0.2) is 0 Å². The van der Waals surface area contributed by atoms with Crippen LogP contribution in [0, 0.1) is 0 Å². The zero-order valence-electron chi connectivity index (χ0n) is 10.9. The molecule has 0 amide bonds. The van der Waals surface area contributed by atoms with Crippen LogP contribution in [0.1, 0.15) is 22.3 Å². The summed E-state index contributed by atoms with van der Waals surface area (Å²) in [7, 11) is 0. The Bertz CT molecular complexity index is 776. The lowest BCUT2D eigenvalue weighted by Crippen LogP contribution is -2.25. The lowest BCUT2D eigenvalue weighted by Gasteiger charge is -2.01. The highest BCUT2D eigenvalue weighted by molar-refractivity contribution is 5.67. The van der Waals surface area contributed by atoms with E-state index in [1.54, 1.807) is 0 Å². The summed E-state index contributed by atoms with van der Waals surface area (Å²) in [5, 5.41) is 2.53. The molecule has 0 bridgehead atoms. The predicted octanol–water partition coefficient (Wildman–Crippen LogP) is 3.14. The third kappa shape index (κ3) is 2.06. The fourth-order valence-electron chi connectivity index (χ4n) is 2.57. The van der Waals surface area contributed by atoms with Gasteiger partial charge in [0, 0.05) is 0 Å². The number of fused-ring (bicyclic) bond motifs is 2. The smallest absolute Gasteiger partial charge is 0.00823 e. The molecule has 0 fully saturated rings. The highest BCUT2D eigenvalue weighted by Crippen LogP contribution is 2.13. The third-order valence-corrected chi connectivity index (χ3v) is 3.64. The molecule has 0 saturated carbocycles. The van der Waals surface area contributed by atoms with Gasteiger partial charge in [0.2, 0.25) is 0 Å². The van der Waals surface area contributed by atoms with Gasteiger partial charge in [0.1, 0.15) is 0 Å². The van der Waals surface area contributed by atoms with Crippen molar-refractivity contribution in [2.75, 3.05) is 0 Å². The second-order valence-corrected chi connectivity index (χ2v) is 4.77. The summed E-state index contributed by atoms with van der Waals surface area (Å²) < 4.78 is 0. The molecule has 0 spiro atoms. The molecule has 0 saturated heterocycles. The van der Waals surface area contributed by atoms with Gasteiger partial charge < -0.3 is 0 Å². The van der Waals surface area contributed by atoms with Gasteiger partial charge in [0.05, 0.1) is 0 Å². The second kappa shape index (κ2) is 4.74. The van der Waals surface area contributed by atoms with Crippen molar-refractivity contribution in [3.05, 3.63) is 82.2 Å². The molecule has 92 valence electrons.